The van der Waals surface area contributed by atoms with Gasteiger partial charge in [-0.05, 0) is 78.1 Å². The van der Waals surface area contributed by atoms with Crippen molar-refractivity contribution in [1.82, 2.24) is 5.32 Å². The number of rotatable bonds is 10. The first-order chi connectivity index (χ1) is 18.2. The summed E-state index contributed by atoms with van der Waals surface area (Å²) in [6, 6.07) is 20.8. The second kappa shape index (κ2) is 12.2. The largest absolute Gasteiger partial charge is 0.495 e. The number of carbonyl (C=O) groups is 1. The first-order valence-electron chi connectivity index (χ1n) is 12.3. The Morgan fingerprint density at radius 1 is 1.00 bits per heavy atom. The van der Waals surface area contributed by atoms with Gasteiger partial charge in [-0.3, -0.25) is 4.79 Å². The zero-order chi connectivity index (χ0) is 27.3. The number of benzene rings is 3. The number of hydrogen-bond acceptors (Lipinski definition) is 5. The van der Waals surface area contributed by atoms with Crippen molar-refractivity contribution in [2.45, 2.75) is 37.3 Å². The molecule has 3 aromatic carbocycles. The lowest BCUT2D eigenvalue weighted by atomic mass is 9.99. The summed E-state index contributed by atoms with van der Waals surface area (Å²) in [6.45, 7) is 4.47. The second-order valence-electron chi connectivity index (χ2n) is 9.22. The van der Waals surface area contributed by atoms with Crippen molar-refractivity contribution < 1.29 is 17.9 Å². The van der Waals surface area contributed by atoms with Gasteiger partial charge in [0, 0.05) is 6.54 Å². The number of methoxy groups -OCH3 is 1. The lowest BCUT2D eigenvalue weighted by Gasteiger charge is -2.15. The number of carbonyl (C=O) groups excluding carboxylic acids is 1. The Kier molecular flexibility index (Phi) is 8.92. The number of ether oxygens (including phenoxy) is 1. The predicted molar refractivity (Wildman–Crippen MR) is 155 cm³/mol. The highest BCUT2D eigenvalue weighted by atomic mass is 35.5. The fourth-order valence-corrected chi connectivity index (χ4v) is 6.97. The molecule has 0 saturated carbocycles. The highest BCUT2D eigenvalue weighted by molar-refractivity contribution is 7.90. The van der Waals surface area contributed by atoms with Gasteiger partial charge >= 0.3 is 0 Å². The molecule has 1 N–H and O–H groups in total. The van der Waals surface area contributed by atoms with E-state index in [0.717, 1.165) is 34.2 Å². The van der Waals surface area contributed by atoms with Crippen LogP contribution in [0.5, 0.6) is 5.75 Å². The van der Waals surface area contributed by atoms with Gasteiger partial charge in [0.05, 0.1) is 17.9 Å². The van der Waals surface area contributed by atoms with Crippen LogP contribution < -0.4 is 10.1 Å². The fourth-order valence-electron chi connectivity index (χ4n) is 4.39. The van der Waals surface area contributed by atoms with E-state index in [1.807, 2.05) is 62.4 Å². The molecule has 0 atom stereocenters. The summed E-state index contributed by atoms with van der Waals surface area (Å²) in [4.78, 5) is 12.9. The van der Waals surface area contributed by atoms with Gasteiger partial charge in [0.2, 0.25) is 0 Å². The van der Waals surface area contributed by atoms with Gasteiger partial charge in [-0.15, -0.1) is 11.3 Å². The number of halogens is 1. The predicted octanol–water partition coefficient (Wildman–Crippen LogP) is 7.03. The molecule has 0 bridgehead atoms. The van der Waals surface area contributed by atoms with Crippen molar-refractivity contribution in [2.24, 2.45) is 0 Å². The average molecular weight is 568 g/mol. The van der Waals surface area contributed by atoms with Crippen LogP contribution in [-0.2, 0) is 22.0 Å². The summed E-state index contributed by atoms with van der Waals surface area (Å²) in [5, 5.41) is 5.13. The van der Waals surface area contributed by atoms with Gasteiger partial charge in [-0.25, -0.2) is 8.42 Å². The van der Waals surface area contributed by atoms with Gasteiger partial charge in [-0.1, -0.05) is 65.7 Å². The maximum absolute atomic E-state index is 13.6. The van der Waals surface area contributed by atoms with Crippen LogP contribution in [0.15, 0.2) is 77.0 Å². The summed E-state index contributed by atoms with van der Waals surface area (Å²) >= 11 is 7.33. The monoisotopic (exact) mass is 567 g/mol. The van der Waals surface area contributed by atoms with E-state index in [1.54, 1.807) is 23.6 Å². The van der Waals surface area contributed by atoms with Crippen LogP contribution in [0, 0.1) is 13.8 Å². The zero-order valence-corrected chi connectivity index (χ0v) is 24.0. The number of nitrogens with one attached hydrogen (secondary N) is 1. The normalized spacial score (nSPS) is 11.4. The molecule has 8 heteroatoms. The standard InChI is InChI=1S/C30H30ClNO4S2/c1-20-7-4-11-24(15-20)25-18-28(27(36-3)16-21(25)2)38(34,35)19-23-9-5-8-22(17-23)10-6-13-32-30(33)29-26(31)12-14-37-29/h4-5,7-9,11-12,14-18H,6,10,13,19H2,1-3H3,(H,32,33). The number of amides is 1. The fraction of sp³-hybridized carbons (Fsp3) is 0.233. The van der Waals surface area contributed by atoms with Crippen molar-refractivity contribution in [1.29, 1.82) is 0 Å². The van der Waals surface area contributed by atoms with Gasteiger partial charge in [-0.2, -0.15) is 0 Å². The minimum absolute atomic E-state index is 0.138. The van der Waals surface area contributed by atoms with Crippen LogP contribution in [0.25, 0.3) is 11.1 Å². The van der Waals surface area contributed by atoms with E-state index in [9.17, 15) is 13.2 Å². The Balaban J connectivity index is 1.48. The Hall–Kier alpha value is -3.13. The van der Waals surface area contributed by atoms with Gasteiger partial charge in [0.1, 0.15) is 15.5 Å². The molecule has 4 rings (SSSR count). The molecular formula is C30H30ClNO4S2. The molecule has 0 aliphatic carbocycles. The number of thiophene rings is 1. The molecule has 0 fully saturated rings. The molecule has 0 aliphatic rings. The molecule has 1 aromatic heterocycles. The van der Waals surface area contributed by atoms with Crippen molar-refractivity contribution in [3.63, 3.8) is 0 Å². The van der Waals surface area contributed by atoms with E-state index < -0.39 is 9.84 Å². The summed E-state index contributed by atoms with van der Waals surface area (Å²) in [6.07, 6.45) is 1.42. The van der Waals surface area contributed by atoms with Gasteiger partial charge < -0.3 is 10.1 Å². The summed E-state index contributed by atoms with van der Waals surface area (Å²) in [7, 11) is -2.20. The third kappa shape index (κ3) is 6.65. The van der Waals surface area contributed by atoms with Gasteiger partial charge in [0.15, 0.2) is 9.84 Å². The summed E-state index contributed by atoms with van der Waals surface area (Å²) in [5.41, 5.74) is 5.61. The van der Waals surface area contributed by atoms with Crippen LogP contribution in [0.1, 0.15) is 38.3 Å². The molecule has 0 saturated heterocycles. The van der Waals surface area contributed by atoms with E-state index >= 15 is 0 Å². The van der Waals surface area contributed by atoms with Crippen LogP contribution >= 0.6 is 22.9 Å². The molecule has 0 spiro atoms. The van der Waals surface area contributed by atoms with Crippen molar-refractivity contribution in [3.05, 3.63) is 104 Å². The van der Waals surface area contributed by atoms with E-state index in [-0.39, 0.29) is 16.6 Å². The third-order valence-electron chi connectivity index (χ3n) is 6.27. The first-order valence-corrected chi connectivity index (χ1v) is 15.2. The maximum Gasteiger partial charge on any atom is 0.262 e. The molecule has 198 valence electrons. The SMILES string of the molecule is COc1cc(C)c(-c2cccc(C)c2)cc1S(=O)(=O)Cc1cccc(CCCNC(=O)c2sccc2Cl)c1. The smallest absolute Gasteiger partial charge is 0.262 e. The molecule has 5 nitrogen and oxygen atoms in total. The lowest BCUT2D eigenvalue weighted by molar-refractivity contribution is 0.0957. The average Bonchev–Trinajstić information content (AvgIpc) is 3.32. The molecule has 0 unspecified atom stereocenters. The Bertz CT molecular complexity index is 1560. The van der Waals surface area contributed by atoms with E-state index in [2.05, 4.69) is 5.32 Å². The van der Waals surface area contributed by atoms with Crippen molar-refractivity contribution in [3.8, 4) is 16.9 Å². The molecule has 0 aliphatic heterocycles. The third-order valence-corrected chi connectivity index (χ3v) is 9.32. The molecule has 0 radical (unpaired) electrons. The molecule has 1 heterocycles. The van der Waals surface area contributed by atoms with Crippen molar-refractivity contribution in [2.75, 3.05) is 13.7 Å². The van der Waals surface area contributed by atoms with Crippen LogP contribution in [0.4, 0.5) is 0 Å². The van der Waals surface area contributed by atoms with Crippen LogP contribution in [0.2, 0.25) is 5.02 Å². The molecule has 4 aromatic rings. The quantitative estimate of drug-likeness (QED) is 0.209. The van der Waals surface area contributed by atoms with E-state index in [1.165, 1.54) is 18.4 Å². The Morgan fingerprint density at radius 3 is 2.47 bits per heavy atom. The Labute approximate surface area is 233 Å². The second-order valence-corrected chi connectivity index (χ2v) is 12.5. The number of hydrogen-bond donors (Lipinski definition) is 1. The highest BCUT2D eigenvalue weighted by Gasteiger charge is 2.23. The van der Waals surface area contributed by atoms with Crippen LogP contribution in [0.3, 0.4) is 0 Å². The zero-order valence-electron chi connectivity index (χ0n) is 21.6. The van der Waals surface area contributed by atoms with Gasteiger partial charge in [0.25, 0.3) is 5.91 Å². The maximum atomic E-state index is 13.6. The molecule has 1 amide bonds. The molecule has 38 heavy (non-hydrogen) atoms. The van der Waals surface area contributed by atoms with E-state index in [4.69, 9.17) is 16.3 Å². The topological polar surface area (TPSA) is 72.5 Å². The lowest BCUT2D eigenvalue weighted by Crippen LogP contribution is -2.24. The van der Waals surface area contributed by atoms with E-state index in [0.29, 0.717) is 34.2 Å². The number of sulfone groups is 1. The minimum Gasteiger partial charge on any atom is -0.495 e. The molecular weight excluding hydrogens is 538 g/mol. The summed E-state index contributed by atoms with van der Waals surface area (Å²) < 4.78 is 32.7. The summed E-state index contributed by atoms with van der Waals surface area (Å²) in [5.74, 6) is 0.0276. The van der Waals surface area contributed by atoms with Crippen molar-refractivity contribution >= 4 is 38.7 Å². The minimum atomic E-state index is -3.69. The van der Waals surface area contributed by atoms with Crippen LogP contribution in [-0.4, -0.2) is 28.0 Å². The highest BCUT2D eigenvalue weighted by Crippen LogP contribution is 2.35. The first kappa shape index (κ1) is 27.9. The number of aryl methyl sites for hydroxylation is 3. The Morgan fingerprint density at radius 2 is 1.76 bits per heavy atom.